The van der Waals surface area contributed by atoms with E-state index in [1.807, 2.05) is 25.3 Å². The number of ether oxygens (including phenoxy) is 1. The van der Waals surface area contributed by atoms with E-state index in [-0.39, 0.29) is 5.82 Å². The van der Waals surface area contributed by atoms with Gasteiger partial charge < -0.3 is 15.0 Å². The Balaban J connectivity index is 1.89. The highest BCUT2D eigenvalue weighted by Gasteiger charge is 2.38. The second-order valence-electron chi connectivity index (χ2n) is 7.68. The van der Waals surface area contributed by atoms with Crippen LogP contribution >= 0.6 is 0 Å². The third-order valence-electron chi connectivity index (χ3n) is 5.42. The second kappa shape index (κ2) is 5.79. The van der Waals surface area contributed by atoms with Crippen LogP contribution in [0.15, 0.2) is 30.5 Å². The molecule has 0 radical (unpaired) electrons. The molecule has 0 saturated carbocycles. The molecular weight excluding hydrogens is 376 g/mol. The normalized spacial score (nSPS) is 14.4. The summed E-state index contributed by atoms with van der Waals surface area (Å²) in [7, 11) is 1.54. The number of hydrogen-bond donors (Lipinski definition) is 2. The number of nitrogens with one attached hydrogen (secondary N) is 2. The zero-order chi connectivity index (χ0) is 20.5. The molecule has 8 heteroatoms. The summed E-state index contributed by atoms with van der Waals surface area (Å²) in [5.74, 6) is 0.935. The van der Waals surface area contributed by atoms with Crippen molar-refractivity contribution < 1.29 is 13.5 Å². The maximum absolute atomic E-state index is 15.4. The third kappa shape index (κ3) is 2.31. The molecule has 1 aliphatic heterocycles. The molecule has 148 valence electrons. The molecule has 0 bridgehead atoms. The first-order valence-electron chi connectivity index (χ1n) is 9.21. The molecule has 0 spiro atoms. The maximum atomic E-state index is 15.4. The number of anilines is 1. The molecule has 0 amide bonds. The Kier molecular flexibility index (Phi) is 3.53. The fraction of sp³-hybridized carbons (Fsp3) is 0.238. The van der Waals surface area contributed by atoms with Crippen molar-refractivity contribution in [2.45, 2.75) is 26.3 Å². The Hall–Kier alpha value is -3.42. The zero-order valence-corrected chi connectivity index (χ0v) is 16.4. The number of H-pyrrole nitrogens is 1. The minimum atomic E-state index is -0.620. The molecule has 0 unspecified atom stereocenters. The minimum absolute atomic E-state index is 0.318. The van der Waals surface area contributed by atoms with Crippen molar-refractivity contribution in [3.05, 3.63) is 53.7 Å². The summed E-state index contributed by atoms with van der Waals surface area (Å²) < 4.78 is 37.1. The van der Waals surface area contributed by atoms with Crippen LogP contribution in [0, 0.1) is 18.6 Å². The second-order valence-corrected chi connectivity index (χ2v) is 7.68. The monoisotopic (exact) mass is 395 g/mol. The summed E-state index contributed by atoms with van der Waals surface area (Å²) >= 11 is 0. The smallest absolute Gasteiger partial charge is 0.162 e. The van der Waals surface area contributed by atoms with Gasteiger partial charge in [-0.2, -0.15) is 0 Å². The van der Waals surface area contributed by atoms with Gasteiger partial charge in [0.15, 0.2) is 11.6 Å². The van der Waals surface area contributed by atoms with Gasteiger partial charge in [-0.25, -0.2) is 8.78 Å². The van der Waals surface area contributed by atoms with Crippen molar-refractivity contribution in [2.75, 3.05) is 12.4 Å². The van der Waals surface area contributed by atoms with Gasteiger partial charge in [0.2, 0.25) is 0 Å². The Morgan fingerprint density at radius 1 is 1.07 bits per heavy atom. The van der Waals surface area contributed by atoms with Gasteiger partial charge in [-0.05, 0) is 44.5 Å². The SMILES string of the molecule is COc1c(-c2ccc(F)c3[nH]ccc23)cc(F)c2c1-n1c(C)nnc1C(C)(C)N2. The largest absolute Gasteiger partial charge is 0.494 e. The van der Waals surface area contributed by atoms with Crippen molar-refractivity contribution in [1.82, 2.24) is 19.7 Å². The van der Waals surface area contributed by atoms with Gasteiger partial charge in [-0.3, -0.25) is 4.57 Å². The third-order valence-corrected chi connectivity index (χ3v) is 5.42. The quantitative estimate of drug-likeness (QED) is 0.518. The molecule has 4 aromatic rings. The standard InChI is InChI=1S/C21H19F2N5O/c1-10-26-27-20-21(2,3)25-17-15(23)9-13(19(29-4)18(17)28(10)20)11-5-6-14(22)16-12(11)7-8-24-16/h5-9,24-25H,1-4H3. The molecular formula is C21H19F2N5O. The van der Waals surface area contributed by atoms with Gasteiger partial charge in [0.1, 0.15) is 23.1 Å². The van der Waals surface area contributed by atoms with Gasteiger partial charge in [0.25, 0.3) is 0 Å². The first-order chi connectivity index (χ1) is 13.8. The highest BCUT2D eigenvalue weighted by Crippen LogP contribution is 2.48. The summed E-state index contributed by atoms with van der Waals surface area (Å²) in [5.41, 5.74) is 1.76. The van der Waals surface area contributed by atoms with Gasteiger partial charge in [-0.15, -0.1) is 10.2 Å². The van der Waals surface area contributed by atoms with Crippen LogP contribution in [-0.2, 0) is 5.54 Å². The van der Waals surface area contributed by atoms with Crippen molar-refractivity contribution in [2.24, 2.45) is 0 Å². The van der Waals surface area contributed by atoms with Crippen LogP contribution in [0.1, 0.15) is 25.5 Å². The van der Waals surface area contributed by atoms with Crippen LogP contribution in [0.5, 0.6) is 5.75 Å². The molecule has 0 fully saturated rings. The van der Waals surface area contributed by atoms with E-state index in [0.29, 0.717) is 50.8 Å². The number of benzene rings is 2. The van der Waals surface area contributed by atoms with Gasteiger partial charge in [0.05, 0.1) is 23.9 Å². The number of hydrogen-bond acceptors (Lipinski definition) is 4. The highest BCUT2D eigenvalue weighted by molar-refractivity contribution is 5.99. The van der Waals surface area contributed by atoms with Crippen LogP contribution in [-0.4, -0.2) is 26.9 Å². The van der Waals surface area contributed by atoms with E-state index in [4.69, 9.17) is 4.74 Å². The average Bonchev–Trinajstić information content (AvgIpc) is 3.31. The van der Waals surface area contributed by atoms with E-state index in [9.17, 15) is 4.39 Å². The van der Waals surface area contributed by atoms with E-state index < -0.39 is 11.4 Å². The van der Waals surface area contributed by atoms with E-state index >= 15 is 4.39 Å². The molecule has 2 aromatic heterocycles. The van der Waals surface area contributed by atoms with Crippen molar-refractivity contribution in [3.63, 3.8) is 0 Å². The first-order valence-corrected chi connectivity index (χ1v) is 9.21. The number of halogens is 2. The van der Waals surface area contributed by atoms with Crippen LogP contribution in [0.25, 0.3) is 27.7 Å². The van der Waals surface area contributed by atoms with Crippen LogP contribution in [0.4, 0.5) is 14.5 Å². The number of aromatic nitrogens is 4. The predicted molar refractivity (Wildman–Crippen MR) is 107 cm³/mol. The van der Waals surface area contributed by atoms with Crippen molar-refractivity contribution in [1.29, 1.82) is 0 Å². The minimum Gasteiger partial charge on any atom is -0.494 e. The maximum Gasteiger partial charge on any atom is 0.162 e. The molecule has 0 saturated heterocycles. The Morgan fingerprint density at radius 3 is 2.62 bits per heavy atom. The van der Waals surface area contributed by atoms with E-state index in [2.05, 4.69) is 20.5 Å². The Morgan fingerprint density at radius 2 is 1.86 bits per heavy atom. The molecule has 3 heterocycles. The molecule has 0 atom stereocenters. The number of aromatic amines is 1. The van der Waals surface area contributed by atoms with Crippen LogP contribution in [0.2, 0.25) is 0 Å². The van der Waals surface area contributed by atoms with Gasteiger partial charge in [-0.1, -0.05) is 6.07 Å². The summed E-state index contributed by atoms with van der Waals surface area (Å²) in [6.07, 6.45) is 1.66. The number of nitrogens with zero attached hydrogens (tertiary/aromatic N) is 3. The van der Waals surface area contributed by atoms with E-state index in [0.717, 1.165) is 0 Å². The average molecular weight is 395 g/mol. The van der Waals surface area contributed by atoms with Crippen molar-refractivity contribution >= 4 is 16.6 Å². The summed E-state index contributed by atoms with van der Waals surface area (Å²) in [6, 6.07) is 6.18. The lowest BCUT2D eigenvalue weighted by atomic mass is 9.95. The fourth-order valence-electron chi connectivity index (χ4n) is 4.12. The fourth-order valence-corrected chi connectivity index (χ4v) is 4.12. The van der Waals surface area contributed by atoms with E-state index in [1.165, 1.54) is 19.2 Å². The summed E-state index contributed by atoms with van der Waals surface area (Å²) in [5, 5.41) is 12.4. The van der Waals surface area contributed by atoms with Gasteiger partial charge >= 0.3 is 0 Å². The molecule has 29 heavy (non-hydrogen) atoms. The van der Waals surface area contributed by atoms with E-state index in [1.54, 1.807) is 18.3 Å². The lowest BCUT2D eigenvalue weighted by molar-refractivity contribution is 0.409. The molecule has 2 aromatic carbocycles. The van der Waals surface area contributed by atoms with Crippen LogP contribution < -0.4 is 10.1 Å². The molecule has 2 N–H and O–H groups in total. The Bertz CT molecular complexity index is 1290. The Labute approximate surface area is 165 Å². The summed E-state index contributed by atoms with van der Waals surface area (Å²) in [4.78, 5) is 2.90. The highest BCUT2D eigenvalue weighted by atomic mass is 19.1. The zero-order valence-electron chi connectivity index (χ0n) is 16.4. The topological polar surface area (TPSA) is 67.8 Å². The van der Waals surface area contributed by atoms with Gasteiger partial charge in [0, 0.05) is 17.1 Å². The molecule has 0 aliphatic carbocycles. The number of aryl methyl sites for hydroxylation is 1. The first kappa shape index (κ1) is 17.7. The number of fused-ring (bicyclic) bond motifs is 4. The van der Waals surface area contributed by atoms with Crippen LogP contribution in [0.3, 0.4) is 0 Å². The number of methoxy groups -OCH3 is 1. The molecule has 1 aliphatic rings. The molecule has 5 rings (SSSR count). The number of rotatable bonds is 2. The summed E-state index contributed by atoms with van der Waals surface area (Å²) in [6.45, 7) is 5.64. The lowest BCUT2D eigenvalue weighted by Crippen LogP contribution is -2.36. The lowest BCUT2D eigenvalue weighted by Gasteiger charge is -2.35. The predicted octanol–water partition coefficient (Wildman–Crippen LogP) is 4.67. The van der Waals surface area contributed by atoms with Crippen molar-refractivity contribution in [3.8, 4) is 22.6 Å². The molecule has 6 nitrogen and oxygen atoms in total.